The maximum atomic E-state index is 11.9. The van der Waals surface area contributed by atoms with E-state index in [1.807, 2.05) is 6.92 Å². The Bertz CT molecular complexity index is 669. The topological polar surface area (TPSA) is 79.3 Å². The number of anilines is 1. The van der Waals surface area contributed by atoms with Crippen molar-refractivity contribution in [3.8, 4) is 0 Å². The fourth-order valence-corrected chi connectivity index (χ4v) is 2.51. The van der Waals surface area contributed by atoms with Crippen molar-refractivity contribution in [2.45, 2.75) is 13.3 Å². The molecule has 104 valence electrons. The standard InChI is InChI=1S/C13H11ClN2O3S/c1-7-8(14)3-2-4-9(7)15-11(17)5-12-16-10(6-20-12)13(18)19/h2-4,6H,5H2,1H3,(H,15,17)(H,18,19). The average Bonchev–Trinajstić information content (AvgIpc) is 2.83. The van der Waals surface area contributed by atoms with Crippen LogP contribution in [0.5, 0.6) is 0 Å². The van der Waals surface area contributed by atoms with Gasteiger partial charge in [0.15, 0.2) is 5.69 Å². The van der Waals surface area contributed by atoms with Crippen LogP contribution in [0.1, 0.15) is 21.1 Å². The number of carboxylic acid groups (broad SMARTS) is 1. The first-order valence-electron chi connectivity index (χ1n) is 5.70. The number of carboxylic acids is 1. The molecule has 0 bridgehead atoms. The number of benzene rings is 1. The number of thiazole rings is 1. The van der Waals surface area contributed by atoms with E-state index in [2.05, 4.69) is 10.3 Å². The van der Waals surface area contributed by atoms with Crippen LogP contribution < -0.4 is 5.32 Å². The number of hydrogen-bond acceptors (Lipinski definition) is 4. The molecule has 0 spiro atoms. The Morgan fingerprint density at radius 1 is 1.45 bits per heavy atom. The largest absolute Gasteiger partial charge is 0.476 e. The van der Waals surface area contributed by atoms with Gasteiger partial charge in [0.25, 0.3) is 0 Å². The number of carbonyl (C=O) groups is 2. The number of aromatic carboxylic acids is 1. The zero-order valence-corrected chi connectivity index (χ0v) is 12.1. The molecule has 5 nitrogen and oxygen atoms in total. The van der Waals surface area contributed by atoms with Crippen LogP contribution in [-0.4, -0.2) is 22.0 Å². The molecule has 20 heavy (non-hydrogen) atoms. The summed E-state index contributed by atoms with van der Waals surface area (Å²) in [6, 6.07) is 5.24. The molecule has 1 aromatic heterocycles. The van der Waals surface area contributed by atoms with Crippen molar-refractivity contribution in [1.82, 2.24) is 4.98 Å². The minimum Gasteiger partial charge on any atom is -0.476 e. The van der Waals surface area contributed by atoms with Gasteiger partial charge in [-0.3, -0.25) is 4.79 Å². The minimum absolute atomic E-state index is 0.0316. The van der Waals surface area contributed by atoms with Gasteiger partial charge >= 0.3 is 5.97 Å². The SMILES string of the molecule is Cc1c(Cl)cccc1NC(=O)Cc1nc(C(=O)O)cs1. The van der Waals surface area contributed by atoms with Gasteiger partial charge in [0.1, 0.15) is 5.01 Å². The van der Waals surface area contributed by atoms with Crippen molar-refractivity contribution < 1.29 is 14.7 Å². The van der Waals surface area contributed by atoms with Crippen LogP contribution in [0.3, 0.4) is 0 Å². The number of aromatic nitrogens is 1. The first-order valence-corrected chi connectivity index (χ1v) is 6.96. The summed E-state index contributed by atoms with van der Waals surface area (Å²) in [5, 5.41) is 13.9. The Labute approximate surface area is 124 Å². The van der Waals surface area contributed by atoms with Gasteiger partial charge in [-0.2, -0.15) is 0 Å². The monoisotopic (exact) mass is 310 g/mol. The van der Waals surface area contributed by atoms with E-state index in [9.17, 15) is 9.59 Å². The van der Waals surface area contributed by atoms with Crippen molar-refractivity contribution in [2.24, 2.45) is 0 Å². The summed E-state index contributed by atoms with van der Waals surface area (Å²) in [6.07, 6.45) is 0.0316. The molecule has 0 atom stereocenters. The molecule has 0 saturated heterocycles. The van der Waals surface area contributed by atoms with Crippen molar-refractivity contribution >= 4 is 40.5 Å². The molecule has 2 N–H and O–H groups in total. The average molecular weight is 311 g/mol. The molecule has 0 aliphatic rings. The Hall–Kier alpha value is -1.92. The third-order valence-electron chi connectivity index (χ3n) is 2.62. The summed E-state index contributed by atoms with van der Waals surface area (Å²) in [6.45, 7) is 1.81. The Morgan fingerprint density at radius 2 is 2.20 bits per heavy atom. The summed E-state index contributed by atoms with van der Waals surface area (Å²) in [4.78, 5) is 26.5. The smallest absolute Gasteiger partial charge is 0.355 e. The molecule has 2 aromatic rings. The lowest BCUT2D eigenvalue weighted by Gasteiger charge is -2.08. The number of nitrogens with zero attached hydrogens (tertiary/aromatic N) is 1. The first kappa shape index (κ1) is 14.5. The molecule has 0 saturated carbocycles. The van der Waals surface area contributed by atoms with Crippen LogP contribution in [0.2, 0.25) is 5.02 Å². The fourth-order valence-electron chi connectivity index (χ4n) is 1.56. The molecule has 0 aliphatic heterocycles. The van der Waals surface area contributed by atoms with Gasteiger partial charge < -0.3 is 10.4 Å². The van der Waals surface area contributed by atoms with Gasteiger partial charge in [-0.15, -0.1) is 11.3 Å². The highest BCUT2D eigenvalue weighted by molar-refractivity contribution is 7.09. The molecule has 1 aromatic carbocycles. The van der Waals surface area contributed by atoms with Crippen LogP contribution in [0.15, 0.2) is 23.6 Å². The lowest BCUT2D eigenvalue weighted by Crippen LogP contribution is -2.15. The molecule has 0 fully saturated rings. The predicted octanol–water partition coefficient (Wildman–Crippen LogP) is 2.98. The Balaban J connectivity index is 2.05. The van der Waals surface area contributed by atoms with E-state index in [1.54, 1.807) is 18.2 Å². The second-order valence-corrected chi connectivity index (χ2v) is 5.42. The third kappa shape index (κ3) is 3.34. The molecule has 0 radical (unpaired) electrons. The normalized spacial score (nSPS) is 10.3. The maximum absolute atomic E-state index is 11.9. The minimum atomic E-state index is -1.10. The molecule has 2 rings (SSSR count). The number of halogens is 1. The number of rotatable bonds is 4. The van der Waals surface area contributed by atoms with Crippen LogP contribution in [0.25, 0.3) is 0 Å². The molecule has 7 heteroatoms. The van der Waals surface area contributed by atoms with E-state index < -0.39 is 5.97 Å². The number of amides is 1. The van der Waals surface area contributed by atoms with Gasteiger partial charge in [0.05, 0.1) is 6.42 Å². The van der Waals surface area contributed by atoms with Crippen molar-refractivity contribution in [2.75, 3.05) is 5.32 Å². The molecule has 0 aliphatic carbocycles. The summed E-state index contributed by atoms with van der Waals surface area (Å²) in [5.74, 6) is -1.36. The highest BCUT2D eigenvalue weighted by Gasteiger charge is 2.13. The zero-order valence-electron chi connectivity index (χ0n) is 10.5. The second-order valence-electron chi connectivity index (χ2n) is 4.07. The fraction of sp³-hybridized carbons (Fsp3) is 0.154. The van der Waals surface area contributed by atoms with E-state index in [4.69, 9.17) is 16.7 Å². The predicted molar refractivity (Wildman–Crippen MR) is 77.6 cm³/mol. The molecular formula is C13H11ClN2O3S. The number of nitrogens with one attached hydrogen (secondary N) is 1. The molecule has 1 amide bonds. The van der Waals surface area contributed by atoms with Gasteiger partial charge in [-0.1, -0.05) is 17.7 Å². The van der Waals surface area contributed by atoms with Crippen LogP contribution >= 0.6 is 22.9 Å². The van der Waals surface area contributed by atoms with Gasteiger partial charge in [-0.25, -0.2) is 9.78 Å². The van der Waals surface area contributed by atoms with E-state index in [1.165, 1.54) is 5.38 Å². The summed E-state index contributed by atoms with van der Waals surface area (Å²) in [5.41, 5.74) is 1.38. The van der Waals surface area contributed by atoms with Crippen LogP contribution in [-0.2, 0) is 11.2 Å². The third-order valence-corrected chi connectivity index (χ3v) is 3.88. The lowest BCUT2D eigenvalue weighted by molar-refractivity contribution is -0.115. The second kappa shape index (κ2) is 6.02. The quantitative estimate of drug-likeness (QED) is 0.910. The van der Waals surface area contributed by atoms with E-state index >= 15 is 0 Å². The highest BCUT2D eigenvalue weighted by Crippen LogP contribution is 2.23. The Kier molecular flexibility index (Phi) is 4.36. The highest BCUT2D eigenvalue weighted by atomic mass is 35.5. The Morgan fingerprint density at radius 3 is 2.85 bits per heavy atom. The van der Waals surface area contributed by atoms with Gasteiger partial charge in [-0.05, 0) is 24.6 Å². The van der Waals surface area contributed by atoms with Crippen LogP contribution in [0.4, 0.5) is 5.69 Å². The van der Waals surface area contributed by atoms with E-state index in [0.717, 1.165) is 16.9 Å². The summed E-state index contributed by atoms with van der Waals surface area (Å²) >= 11 is 7.11. The van der Waals surface area contributed by atoms with Crippen molar-refractivity contribution in [3.05, 3.63) is 44.9 Å². The van der Waals surface area contributed by atoms with Crippen LogP contribution in [0, 0.1) is 6.92 Å². The first-order chi connectivity index (χ1) is 9.47. The van der Waals surface area contributed by atoms with Gasteiger partial charge in [0.2, 0.25) is 5.91 Å². The van der Waals surface area contributed by atoms with Gasteiger partial charge in [0, 0.05) is 16.1 Å². The van der Waals surface area contributed by atoms with E-state index in [-0.39, 0.29) is 18.0 Å². The summed E-state index contributed by atoms with van der Waals surface area (Å²) in [7, 11) is 0. The lowest BCUT2D eigenvalue weighted by atomic mass is 10.2. The number of carbonyl (C=O) groups excluding carboxylic acids is 1. The molecular weight excluding hydrogens is 300 g/mol. The van der Waals surface area contributed by atoms with E-state index in [0.29, 0.717) is 15.7 Å². The molecule has 1 heterocycles. The molecule has 0 unspecified atom stereocenters. The van der Waals surface area contributed by atoms with Crippen molar-refractivity contribution in [3.63, 3.8) is 0 Å². The summed E-state index contributed by atoms with van der Waals surface area (Å²) < 4.78 is 0. The van der Waals surface area contributed by atoms with Crippen molar-refractivity contribution in [1.29, 1.82) is 0 Å². The maximum Gasteiger partial charge on any atom is 0.355 e. The zero-order chi connectivity index (χ0) is 14.7. The number of hydrogen-bond donors (Lipinski definition) is 2.